The van der Waals surface area contributed by atoms with Gasteiger partial charge in [0.2, 0.25) is 0 Å². The molecule has 0 spiro atoms. The molecule has 1 aromatic rings. The molecule has 21 heavy (non-hydrogen) atoms. The Hall–Kier alpha value is -0.930. The highest BCUT2D eigenvalue weighted by molar-refractivity contribution is 5.29. The minimum absolute atomic E-state index is 0.117. The van der Waals surface area contributed by atoms with Crippen molar-refractivity contribution in [2.24, 2.45) is 5.92 Å². The Bertz CT molecular complexity index is 476. The lowest BCUT2D eigenvalue weighted by Gasteiger charge is -2.50. The van der Waals surface area contributed by atoms with Gasteiger partial charge >= 0.3 is 0 Å². The zero-order chi connectivity index (χ0) is 15.6. The van der Waals surface area contributed by atoms with E-state index in [2.05, 4.69) is 31.2 Å². The van der Waals surface area contributed by atoms with Crippen LogP contribution in [0.4, 0.5) is 4.39 Å². The summed E-state index contributed by atoms with van der Waals surface area (Å²) >= 11 is 0. The van der Waals surface area contributed by atoms with Crippen LogP contribution in [-0.2, 0) is 0 Å². The quantitative estimate of drug-likeness (QED) is 0.905. The van der Waals surface area contributed by atoms with Crippen molar-refractivity contribution in [1.29, 1.82) is 0 Å². The van der Waals surface area contributed by atoms with Gasteiger partial charge in [-0.3, -0.25) is 0 Å². The second kappa shape index (κ2) is 6.45. The van der Waals surface area contributed by atoms with Crippen molar-refractivity contribution in [2.75, 3.05) is 21.1 Å². The molecule has 1 fully saturated rings. The van der Waals surface area contributed by atoms with Gasteiger partial charge in [-0.15, -0.1) is 0 Å². The molecule has 0 saturated heterocycles. The Balaban J connectivity index is 2.38. The molecule has 1 N–H and O–H groups in total. The standard InChI is InChI=1S/C18H29FN2/c1-13-8-10-18(11-9-13,21(4)5)17(20-3)15-6-7-16(19)14(2)12-15/h6-7,12-13,17,20H,8-11H2,1-5H3. The minimum Gasteiger partial charge on any atom is -0.311 e. The number of hydrogen-bond donors (Lipinski definition) is 1. The Morgan fingerprint density at radius 1 is 1.29 bits per heavy atom. The number of rotatable bonds is 4. The van der Waals surface area contributed by atoms with E-state index in [-0.39, 0.29) is 17.4 Å². The summed E-state index contributed by atoms with van der Waals surface area (Å²) in [5.74, 6) is 0.690. The zero-order valence-corrected chi connectivity index (χ0v) is 14.0. The van der Waals surface area contributed by atoms with Crippen LogP contribution >= 0.6 is 0 Å². The molecule has 1 aliphatic carbocycles. The van der Waals surface area contributed by atoms with Crippen molar-refractivity contribution in [3.05, 3.63) is 35.1 Å². The summed E-state index contributed by atoms with van der Waals surface area (Å²) in [4.78, 5) is 2.37. The molecule has 1 aliphatic rings. The molecule has 2 rings (SSSR count). The van der Waals surface area contributed by atoms with Crippen molar-refractivity contribution < 1.29 is 4.39 Å². The monoisotopic (exact) mass is 292 g/mol. The normalized spacial score (nSPS) is 27.9. The Morgan fingerprint density at radius 2 is 1.90 bits per heavy atom. The lowest BCUT2D eigenvalue weighted by atomic mass is 9.70. The Labute approximate surface area is 128 Å². The van der Waals surface area contributed by atoms with Crippen LogP contribution in [0.3, 0.4) is 0 Å². The second-order valence-electron chi connectivity index (χ2n) is 6.91. The van der Waals surface area contributed by atoms with Crippen LogP contribution < -0.4 is 5.32 Å². The van der Waals surface area contributed by atoms with E-state index >= 15 is 0 Å². The van der Waals surface area contributed by atoms with Gasteiger partial charge in [0.25, 0.3) is 0 Å². The van der Waals surface area contributed by atoms with E-state index in [4.69, 9.17) is 0 Å². The van der Waals surface area contributed by atoms with Gasteiger partial charge < -0.3 is 10.2 Å². The highest BCUT2D eigenvalue weighted by Crippen LogP contribution is 2.43. The smallest absolute Gasteiger partial charge is 0.126 e. The number of nitrogens with zero attached hydrogens (tertiary/aromatic N) is 1. The van der Waals surface area contributed by atoms with E-state index in [0.717, 1.165) is 11.5 Å². The van der Waals surface area contributed by atoms with Gasteiger partial charge in [0.1, 0.15) is 5.82 Å². The van der Waals surface area contributed by atoms with E-state index in [1.165, 1.54) is 31.2 Å². The van der Waals surface area contributed by atoms with Gasteiger partial charge in [-0.05, 0) is 76.9 Å². The second-order valence-corrected chi connectivity index (χ2v) is 6.91. The van der Waals surface area contributed by atoms with Crippen LogP contribution in [0.25, 0.3) is 0 Å². The third-order valence-corrected chi connectivity index (χ3v) is 5.37. The van der Waals surface area contributed by atoms with Crippen molar-refractivity contribution in [1.82, 2.24) is 10.2 Å². The predicted octanol–water partition coefficient (Wildman–Crippen LogP) is 3.91. The van der Waals surface area contributed by atoms with Gasteiger partial charge in [-0.1, -0.05) is 19.1 Å². The SMILES string of the molecule is CNC(c1ccc(F)c(C)c1)C1(N(C)C)CCC(C)CC1. The summed E-state index contributed by atoms with van der Waals surface area (Å²) < 4.78 is 13.6. The molecule has 0 radical (unpaired) electrons. The molecule has 0 aromatic heterocycles. The Morgan fingerprint density at radius 3 is 2.38 bits per heavy atom. The van der Waals surface area contributed by atoms with Crippen LogP contribution in [0, 0.1) is 18.7 Å². The number of aryl methyl sites for hydroxylation is 1. The Kier molecular flexibility index (Phi) is 5.05. The molecule has 0 amide bonds. The number of halogens is 1. The highest BCUT2D eigenvalue weighted by atomic mass is 19.1. The van der Waals surface area contributed by atoms with Gasteiger partial charge in [-0.25, -0.2) is 4.39 Å². The van der Waals surface area contributed by atoms with Crippen LogP contribution in [0.5, 0.6) is 0 Å². The summed E-state index contributed by atoms with van der Waals surface area (Å²) in [6.07, 6.45) is 4.89. The maximum absolute atomic E-state index is 13.6. The molecule has 0 heterocycles. The van der Waals surface area contributed by atoms with E-state index in [1.54, 1.807) is 6.07 Å². The van der Waals surface area contributed by atoms with Gasteiger partial charge in [0.15, 0.2) is 0 Å². The van der Waals surface area contributed by atoms with Crippen molar-refractivity contribution in [3.63, 3.8) is 0 Å². The fourth-order valence-corrected chi connectivity index (χ4v) is 3.85. The summed E-state index contributed by atoms with van der Waals surface area (Å²) in [6.45, 7) is 4.19. The molecule has 3 heteroatoms. The maximum Gasteiger partial charge on any atom is 0.126 e. The summed E-state index contributed by atoms with van der Waals surface area (Å²) in [5, 5.41) is 3.51. The van der Waals surface area contributed by atoms with Crippen molar-refractivity contribution in [2.45, 2.75) is 51.1 Å². The molecule has 1 aromatic carbocycles. The maximum atomic E-state index is 13.6. The average molecular weight is 292 g/mol. The predicted molar refractivity (Wildman–Crippen MR) is 87.0 cm³/mol. The molecular weight excluding hydrogens is 263 g/mol. The molecule has 1 atom stereocenters. The third-order valence-electron chi connectivity index (χ3n) is 5.37. The summed E-state index contributed by atoms with van der Waals surface area (Å²) in [6, 6.07) is 5.77. The van der Waals surface area contributed by atoms with Crippen LogP contribution in [-0.4, -0.2) is 31.6 Å². The van der Waals surface area contributed by atoms with Gasteiger partial charge in [-0.2, -0.15) is 0 Å². The van der Waals surface area contributed by atoms with E-state index in [1.807, 2.05) is 26.1 Å². The molecule has 2 nitrogen and oxygen atoms in total. The molecule has 0 bridgehead atoms. The summed E-state index contributed by atoms with van der Waals surface area (Å²) in [5.41, 5.74) is 2.04. The molecule has 1 unspecified atom stereocenters. The number of benzene rings is 1. The number of nitrogens with one attached hydrogen (secondary N) is 1. The largest absolute Gasteiger partial charge is 0.311 e. The fraction of sp³-hybridized carbons (Fsp3) is 0.667. The molecule has 118 valence electrons. The first kappa shape index (κ1) is 16.4. The average Bonchev–Trinajstić information content (AvgIpc) is 2.45. The van der Waals surface area contributed by atoms with Crippen LogP contribution in [0.2, 0.25) is 0 Å². The molecular formula is C18H29FN2. The first-order chi connectivity index (χ1) is 9.90. The number of likely N-dealkylation sites (N-methyl/N-ethyl adjacent to an activating group) is 2. The zero-order valence-electron chi connectivity index (χ0n) is 14.0. The van der Waals surface area contributed by atoms with Crippen molar-refractivity contribution in [3.8, 4) is 0 Å². The first-order valence-electron chi connectivity index (χ1n) is 8.01. The van der Waals surface area contributed by atoms with Crippen LogP contribution in [0.1, 0.15) is 49.8 Å². The summed E-state index contributed by atoms with van der Waals surface area (Å²) in [7, 11) is 6.38. The van der Waals surface area contributed by atoms with Crippen molar-refractivity contribution >= 4 is 0 Å². The third kappa shape index (κ3) is 3.14. The van der Waals surface area contributed by atoms with E-state index in [9.17, 15) is 4.39 Å². The van der Waals surface area contributed by atoms with E-state index in [0.29, 0.717) is 0 Å². The van der Waals surface area contributed by atoms with Crippen LogP contribution in [0.15, 0.2) is 18.2 Å². The lowest BCUT2D eigenvalue weighted by molar-refractivity contribution is 0.0455. The topological polar surface area (TPSA) is 15.3 Å². The van der Waals surface area contributed by atoms with Gasteiger partial charge in [0.05, 0.1) is 6.04 Å². The molecule has 0 aliphatic heterocycles. The lowest BCUT2D eigenvalue weighted by Crippen LogP contribution is -2.55. The highest BCUT2D eigenvalue weighted by Gasteiger charge is 2.43. The van der Waals surface area contributed by atoms with Gasteiger partial charge in [0, 0.05) is 5.54 Å². The minimum atomic E-state index is -0.121. The molecule has 1 saturated carbocycles. The fourth-order valence-electron chi connectivity index (χ4n) is 3.85. The number of hydrogen-bond acceptors (Lipinski definition) is 2. The van der Waals surface area contributed by atoms with E-state index < -0.39 is 0 Å². The first-order valence-corrected chi connectivity index (χ1v) is 8.01.